The fraction of sp³-hybridized carbons (Fsp3) is 0. The number of hydrogen-bond donors (Lipinski definition) is 0. The number of aromatic nitrogens is 2. The minimum Gasteiger partial charge on any atom is -0.423 e. The van der Waals surface area contributed by atoms with E-state index in [0.717, 1.165) is 23.1 Å². The van der Waals surface area contributed by atoms with Gasteiger partial charge < -0.3 is 9.47 Å². The molecule has 6 nitrogen and oxygen atoms in total. The van der Waals surface area contributed by atoms with E-state index in [1.165, 1.54) is 24.3 Å². The first kappa shape index (κ1) is 19.3. The fourth-order valence-corrected chi connectivity index (χ4v) is 4.07. The molecule has 12 heteroatoms. The van der Waals surface area contributed by atoms with Gasteiger partial charge in [-0.1, -0.05) is 46.4 Å². The van der Waals surface area contributed by atoms with E-state index >= 15 is 0 Å². The van der Waals surface area contributed by atoms with E-state index in [-0.39, 0.29) is 41.6 Å². The monoisotopic (exact) mass is 468 g/mol. The van der Waals surface area contributed by atoms with Gasteiger partial charge in [0.15, 0.2) is 10.3 Å². The zero-order valence-corrected chi connectivity index (χ0v) is 16.8. The molecule has 0 spiro atoms. The Hall–Kier alpha value is -1.42. The summed E-state index contributed by atoms with van der Waals surface area (Å²) in [6, 6.07) is 5.71. The van der Waals surface area contributed by atoms with E-state index < -0.39 is 11.9 Å². The third-order valence-corrected chi connectivity index (χ3v) is 5.69. The van der Waals surface area contributed by atoms with Gasteiger partial charge in [0.2, 0.25) is 0 Å². The SMILES string of the molecule is O=C(Oc1ccc(OC(=O)c2c(Cl)nsc2Cl)cc1)c1c(Cl)nsc1Cl. The summed E-state index contributed by atoms with van der Waals surface area (Å²) in [6.45, 7) is 0. The third kappa shape index (κ3) is 4.11. The lowest BCUT2D eigenvalue weighted by molar-refractivity contribution is 0.0720. The Kier molecular flexibility index (Phi) is 6.01. The molecule has 0 aliphatic rings. The van der Waals surface area contributed by atoms with E-state index in [0.29, 0.717) is 0 Å². The molecule has 0 radical (unpaired) electrons. The molecule has 0 fully saturated rings. The summed E-state index contributed by atoms with van der Waals surface area (Å²) >= 11 is 25.0. The maximum absolute atomic E-state index is 12.1. The molecule has 3 rings (SSSR count). The lowest BCUT2D eigenvalue weighted by Gasteiger charge is -2.06. The summed E-state index contributed by atoms with van der Waals surface area (Å²) in [5.41, 5.74) is -0.0221. The van der Waals surface area contributed by atoms with Gasteiger partial charge in [0.25, 0.3) is 0 Å². The lowest BCUT2D eigenvalue weighted by atomic mass is 10.3. The van der Waals surface area contributed by atoms with Crippen LogP contribution in [0.3, 0.4) is 0 Å². The van der Waals surface area contributed by atoms with Crippen LogP contribution in [0.2, 0.25) is 19.0 Å². The molecular formula is C14H4Cl4N2O4S2. The third-order valence-electron chi connectivity index (χ3n) is 2.87. The van der Waals surface area contributed by atoms with Gasteiger partial charge in [-0.15, -0.1) is 0 Å². The topological polar surface area (TPSA) is 78.4 Å². The van der Waals surface area contributed by atoms with Crippen LogP contribution in [0.4, 0.5) is 0 Å². The molecule has 134 valence electrons. The van der Waals surface area contributed by atoms with Gasteiger partial charge in [-0.05, 0) is 47.3 Å². The van der Waals surface area contributed by atoms with Gasteiger partial charge in [0, 0.05) is 0 Å². The van der Waals surface area contributed by atoms with Crippen LogP contribution in [0, 0.1) is 0 Å². The average molecular weight is 470 g/mol. The molecule has 0 saturated heterocycles. The molecule has 0 aliphatic heterocycles. The van der Waals surface area contributed by atoms with Crippen LogP contribution in [0.25, 0.3) is 0 Å². The summed E-state index contributed by atoms with van der Waals surface area (Å²) in [5, 5.41) is -0.0673. The quantitative estimate of drug-likeness (QED) is 0.362. The number of rotatable bonds is 4. The second-order valence-corrected chi connectivity index (χ2v) is 7.96. The molecule has 0 N–H and O–H groups in total. The average Bonchev–Trinajstić information content (AvgIpc) is 3.10. The van der Waals surface area contributed by atoms with Crippen LogP contribution in [-0.4, -0.2) is 20.7 Å². The summed E-state index contributed by atoms with van der Waals surface area (Å²) in [7, 11) is 0. The van der Waals surface area contributed by atoms with Crippen LogP contribution < -0.4 is 9.47 Å². The highest BCUT2D eigenvalue weighted by Gasteiger charge is 2.22. The van der Waals surface area contributed by atoms with Crippen molar-refractivity contribution in [3.8, 4) is 11.5 Å². The second kappa shape index (κ2) is 8.08. The number of ether oxygens (including phenoxy) is 2. The largest absolute Gasteiger partial charge is 0.423 e. The Balaban J connectivity index is 1.69. The first-order valence-electron chi connectivity index (χ1n) is 6.52. The van der Waals surface area contributed by atoms with Crippen molar-refractivity contribution in [2.45, 2.75) is 0 Å². The van der Waals surface area contributed by atoms with Crippen LogP contribution in [0.15, 0.2) is 24.3 Å². The fourth-order valence-electron chi connectivity index (χ4n) is 1.73. The van der Waals surface area contributed by atoms with Gasteiger partial charge in [-0.2, -0.15) is 8.75 Å². The normalized spacial score (nSPS) is 10.6. The Bertz CT molecular complexity index is 869. The first-order chi connectivity index (χ1) is 12.4. The molecular weight excluding hydrogens is 466 g/mol. The van der Waals surface area contributed by atoms with Gasteiger partial charge in [-0.3, -0.25) is 0 Å². The molecule has 0 atom stereocenters. The summed E-state index contributed by atoms with van der Waals surface area (Å²) in [4.78, 5) is 24.1. The number of benzene rings is 1. The van der Waals surface area contributed by atoms with Crippen molar-refractivity contribution < 1.29 is 19.1 Å². The Labute approximate surface area is 174 Å². The number of carbonyl (C=O) groups is 2. The lowest BCUT2D eigenvalue weighted by Crippen LogP contribution is -2.10. The summed E-state index contributed by atoms with van der Waals surface area (Å²) in [5.74, 6) is -1.11. The van der Waals surface area contributed by atoms with Gasteiger partial charge in [0.05, 0.1) is 0 Å². The van der Waals surface area contributed by atoms with Crippen LogP contribution >= 0.6 is 69.5 Å². The summed E-state index contributed by atoms with van der Waals surface area (Å²) < 4.78 is 18.1. The van der Waals surface area contributed by atoms with Crippen molar-refractivity contribution in [2.24, 2.45) is 0 Å². The Morgan fingerprint density at radius 1 is 0.731 bits per heavy atom. The molecule has 26 heavy (non-hydrogen) atoms. The van der Waals surface area contributed by atoms with E-state index in [2.05, 4.69) is 8.75 Å². The minimum absolute atomic E-state index is 0.0110. The highest BCUT2D eigenvalue weighted by Crippen LogP contribution is 2.31. The van der Waals surface area contributed by atoms with E-state index in [9.17, 15) is 9.59 Å². The second-order valence-electron chi connectivity index (χ2n) is 4.49. The van der Waals surface area contributed by atoms with Crippen molar-refractivity contribution in [2.75, 3.05) is 0 Å². The number of hydrogen-bond acceptors (Lipinski definition) is 8. The maximum Gasteiger partial charge on any atom is 0.349 e. The highest BCUT2D eigenvalue weighted by molar-refractivity contribution is 7.11. The summed E-state index contributed by atoms with van der Waals surface area (Å²) in [6.07, 6.45) is 0. The standard InChI is InChI=1S/C14H4Cl4N2O4S2/c15-9-7(11(17)25-19-9)13(21)23-5-1-2-6(4-3-5)24-14(22)8-10(16)20-26-12(8)18/h1-4H. The molecule has 0 bridgehead atoms. The van der Waals surface area contributed by atoms with E-state index in [1.54, 1.807) is 0 Å². The molecule has 0 amide bonds. The van der Waals surface area contributed by atoms with Crippen molar-refractivity contribution in [3.63, 3.8) is 0 Å². The van der Waals surface area contributed by atoms with Crippen molar-refractivity contribution >= 4 is 81.4 Å². The van der Waals surface area contributed by atoms with Crippen LogP contribution in [-0.2, 0) is 0 Å². The zero-order chi connectivity index (χ0) is 18.8. The number of halogens is 4. The number of nitrogens with zero attached hydrogens (tertiary/aromatic N) is 2. The number of esters is 2. The van der Waals surface area contributed by atoms with E-state index in [1.807, 2.05) is 0 Å². The van der Waals surface area contributed by atoms with Gasteiger partial charge in [-0.25, -0.2) is 9.59 Å². The molecule has 0 aliphatic carbocycles. The van der Waals surface area contributed by atoms with Crippen molar-refractivity contribution in [1.29, 1.82) is 0 Å². The van der Waals surface area contributed by atoms with Crippen molar-refractivity contribution in [1.82, 2.24) is 8.75 Å². The number of carbonyl (C=O) groups excluding carboxylic acids is 2. The predicted octanol–water partition coefficient (Wildman–Crippen LogP) is 5.65. The molecule has 0 unspecified atom stereocenters. The minimum atomic E-state index is -0.749. The Morgan fingerprint density at radius 2 is 1.08 bits per heavy atom. The molecule has 2 heterocycles. The van der Waals surface area contributed by atoms with Crippen molar-refractivity contribution in [3.05, 3.63) is 54.4 Å². The van der Waals surface area contributed by atoms with Gasteiger partial charge in [0.1, 0.15) is 31.3 Å². The molecule has 3 aromatic rings. The Morgan fingerprint density at radius 3 is 1.35 bits per heavy atom. The molecule has 2 aromatic heterocycles. The smallest absolute Gasteiger partial charge is 0.349 e. The highest BCUT2D eigenvalue weighted by atomic mass is 35.5. The molecule has 0 saturated carbocycles. The van der Waals surface area contributed by atoms with E-state index in [4.69, 9.17) is 55.9 Å². The zero-order valence-electron chi connectivity index (χ0n) is 12.2. The van der Waals surface area contributed by atoms with Crippen LogP contribution in [0.5, 0.6) is 11.5 Å². The van der Waals surface area contributed by atoms with Crippen LogP contribution in [0.1, 0.15) is 20.7 Å². The predicted molar refractivity (Wildman–Crippen MR) is 101 cm³/mol. The first-order valence-corrected chi connectivity index (χ1v) is 9.58. The molecule has 1 aromatic carbocycles. The maximum atomic E-state index is 12.1. The van der Waals surface area contributed by atoms with Gasteiger partial charge >= 0.3 is 11.9 Å².